The second-order valence-electron chi connectivity index (χ2n) is 6.72. The van der Waals surface area contributed by atoms with E-state index in [-0.39, 0.29) is 11.4 Å². The number of carbonyl (C=O) groups is 1. The highest BCUT2D eigenvalue weighted by Gasteiger charge is 2.12. The summed E-state index contributed by atoms with van der Waals surface area (Å²) in [6.45, 7) is 2.68. The number of anilines is 1. The molecule has 0 aliphatic rings. The van der Waals surface area contributed by atoms with E-state index >= 15 is 0 Å². The van der Waals surface area contributed by atoms with Crippen LogP contribution in [0.25, 0.3) is 6.08 Å². The fourth-order valence-corrected chi connectivity index (χ4v) is 2.75. The van der Waals surface area contributed by atoms with Crippen molar-refractivity contribution in [1.82, 2.24) is 5.16 Å². The molecule has 0 fully saturated rings. The van der Waals surface area contributed by atoms with E-state index in [1.54, 1.807) is 44.4 Å². The summed E-state index contributed by atoms with van der Waals surface area (Å²) in [4.78, 5) is 12.2. The van der Waals surface area contributed by atoms with Gasteiger partial charge in [-0.05, 0) is 42.8 Å². The Hall–Kier alpha value is -4.25. The molecule has 8 nitrogen and oxygen atoms in total. The summed E-state index contributed by atoms with van der Waals surface area (Å²) < 4.78 is 21.6. The Morgan fingerprint density at radius 2 is 1.84 bits per heavy atom. The van der Waals surface area contributed by atoms with Crippen molar-refractivity contribution in [3.8, 4) is 23.3 Å². The van der Waals surface area contributed by atoms with Crippen molar-refractivity contribution >= 4 is 17.8 Å². The van der Waals surface area contributed by atoms with E-state index in [1.807, 2.05) is 30.3 Å². The molecule has 0 radical (unpaired) electrons. The van der Waals surface area contributed by atoms with E-state index < -0.39 is 5.91 Å². The third-order valence-electron chi connectivity index (χ3n) is 4.31. The minimum atomic E-state index is -0.559. The van der Waals surface area contributed by atoms with Crippen LogP contribution in [0.15, 0.2) is 64.7 Å². The second kappa shape index (κ2) is 11.2. The van der Waals surface area contributed by atoms with E-state index in [0.717, 1.165) is 0 Å². The van der Waals surface area contributed by atoms with Gasteiger partial charge in [0.1, 0.15) is 23.2 Å². The number of aryl methyl sites for hydroxylation is 1. The number of nitrogens with zero attached hydrogens (tertiary/aromatic N) is 2. The molecule has 1 heterocycles. The predicted octanol–water partition coefficient (Wildman–Crippen LogP) is 4.39. The van der Waals surface area contributed by atoms with E-state index in [9.17, 15) is 10.1 Å². The SMILES string of the molecule is COc1ccccc1OCCCOc1ccc(C=C(C#N)C(=O)Nc2cc(C)on2)cc1. The summed E-state index contributed by atoms with van der Waals surface area (Å²) in [6.07, 6.45) is 2.19. The zero-order valence-electron chi connectivity index (χ0n) is 17.8. The minimum Gasteiger partial charge on any atom is -0.493 e. The lowest BCUT2D eigenvalue weighted by Gasteiger charge is -2.11. The first-order valence-electron chi connectivity index (χ1n) is 9.94. The number of nitrogens with one attached hydrogen (secondary N) is 1. The topological polar surface area (TPSA) is 107 Å². The van der Waals surface area contributed by atoms with Crippen LogP contribution in [-0.4, -0.2) is 31.4 Å². The molecule has 0 aliphatic heterocycles. The Labute approximate surface area is 186 Å². The summed E-state index contributed by atoms with van der Waals surface area (Å²) >= 11 is 0. The molecule has 0 saturated carbocycles. The Kier molecular flexibility index (Phi) is 7.87. The number of benzene rings is 2. The average molecular weight is 433 g/mol. The summed E-state index contributed by atoms with van der Waals surface area (Å²) in [5.41, 5.74) is 0.646. The number of ether oxygens (including phenoxy) is 3. The first-order valence-corrected chi connectivity index (χ1v) is 9.94. The van der Waals surface area contributed by atoms with Gasteiger partial charge in [0.15, 0.2) is 17.3 Å². The number of carbonyl (C=O) groups excluding carboxylic acids is 1. The van der Waals surface area contributed by atoms with Gasteiger partial charge in [0, 0.05) is 12.5 Å². The molecule has 3 aromatic rings. The Balaban J connectivity index is 1.47. The molecule has 3 rings (SSSR count). The molecule has 0 aliphatic carbocycles. The molecule has 0 spiro atoms. The van der Waals surface area contributed by atoms with Crippen LogP contribution in [-0.2, 0) is 4.79 Å². The highest BCUT2D eigenvalue weighted by molar-refractivity contribution is 6.09. The standard InChI is InChI=1S/C24H23N3O5/c1-17-14-23(27-32-17)26-24(28)19(16-25)15-18-8-10-20(11-9-18)30-12-5-13-31-22-7-4-3-6-21(22)29-2/h3-4,6-11,14-15H,5,12-13H2,1-2H3,(H,26,27,28). The van der Waals surface area contributed by atoms with Crippen LogP contribution in [0.5, 0.6) is 17.2 Å². The van der Waals surface area contributed by atoms with Crippen molar-refractivity contribution in [2.45, 2.75) is 13.3 Å². The molecule has 1 N–H and O–H groups in total. The molecule has 0 saturated heterocycles. The van der Waals surface area contributed by atoms with Gasteiger partial charge in [-0.25, -0.2) is 0 Å². The van der Waals surface area contributed by atoms with Crippen LogP contribution < -0.4 is 19.5 Å². The van der Waals surface area contributed by atoms with Crippen LogP contribution in [0.3, 0.4) is 0 Å². The van der Waals surface area contributed by atoms with Gasteiger partial charge in [-0.1, -0.05) is 29.4 Å². The molecule has 2 aromatic carbocycles. The predicted molar refractivity (Wildman–Crippen MR) is 119 cm³/mol. The van der Waals surface area contributed by atoms with Crippen molar-refractivity contribution < 1.29 is 23.5 Å². The van der Waals surface area contributed by atoms with Gasteiger partial charge in [0.05, 0.1) is 20.3 Å². The first kappa shape index (κ1) is 22.4. The monoisotopic (exact) mass is 433 g/mol. The average Bonchev–Trinajstić information content (AvgIpc) is 3.22. The molecule has 1 aromatic heterocycles. The second-order valence-corrected chi connectivity index (χ2v) is 6.72. The maximum absolute atomic E-state index is 12.2. The van der Waals surface area contributed by atoms with Crippen molar-refractivity contribution in [3.05, 3.63) is 71.5 Å². The number of rotatable bonds is 10. The number of aromatic nitrogens is 1. The fraction of sp³-hybridized carbons (Fsp3) is 0.208. The summed E-state index contributed by atoms with van der Waals surface area (Å²) in [5, 5.41) is 15.5. The molecule has 8 heteroatoms. The Morgan fingerprint density at radius 3 is 2.50 bits per heavy atom. The Bertz CT molecular complexity index is 1110. The van der Waals surface area contributed by atoms with Gasteiger partial charge < -0.3 is 24.1 Å². The number of amides is 1. The first-order chi connectivity index (χ1) is 15.6. The van der Waals surface area contributed by atoms with Crippen LogP contribution in [0.4, 0.5) is 5.82 Å². The molecule has 1 amide bonds. The third-order valence-corrected chi connectivity index (χ3v) is 4.31. The van der Waals surface area contributed by atoms with Crippen molar-refractivity contribution in [1.29, 1.82) is 5.26 Å². The van der Waals surface area contributed by atoms with Crippen molar-refractivity contribution in [3.63, 3.8) is 0 Å². The van der Waals surface area contributed by atoms with E-state index in [2.05, 4.69) is 10.5 Å². The van der Waals surface area contributed by atoms with Crippen LogP contribution in [0.2, 0.25) is 0 Å². The summed E-state index contributed by atoms with van der Waals surface area (Å²) in [7, 11) is 1.60. The zero-order valence-corrected chi connectivity index (χ0v) is 17.8. The van der Waals surface area contributed by atoms with Crippen LogP contribution in [0.1, 0.15) is 17.7 Å². The fourth-order valence-electron chi connectivity index (χ4n) is 2.75. The lowest BCUT2D eigenvalue weighted by molar-refractivity contribution is -0.112. The number of para-hydroxylation sites is 2. The Morgan fingerprint density at radius 1 is 1.12 bits per heavy atom. The van der Waals surface area contributed by atoms with Gasteiger partial charge in [0.25, 0.3) is 5.91 Å². The summed E-state index contributed by atoms with van der Waals surface area (Å²) in [5.74, 6) is 2.33. The smallest absolute Gasteiger partial charge is 0.267 e. The largest absolute Gasteiger partial charge is 0.493 e. The molecule has 0 unspecified atom stereocenters. The van der Waals surface area contributed by atoms with Gasteiger partial charge in [-0.2, -0.15) is 5.26 Å². The molecule has 0 atom stereocenters. The van der Waals surface area contributed by atoms with Gasteiger partial charge in [-0.15, -0.1) is 0 Å². The molecular weight excluding hydrogens is 410 g/mol. The quantitative estimate of drug-likeness (QED) is 0.287. The van der Waals surface area contributed by atoms with Crippen LogP contribution in [0, 0.1) is 18.3 Å². The van der Waals surface area contributed by atoms with Gasteiger partial charge in [-0.3, -0.25) is 4.79 Å². The number of nitriles is 1. The normalized spacial score (nSPS) is 10.8. The van der Waals surface area contributed by atoms with Crippen molar-refractivity contribution in [2.24, 2.45) is 0 Å². The maximum atomic E-state index is 12.2. The van der Waals surface area contributed by atoms with Crippen LogP contribution >= 0.6 is 0 Å². The number of methoxy groups -OCH3 is 1. The van der Waals surface area contributed by atoms with Gasteiger partial charge in [0.2, 0.25) is 0 Å². The highest BCUT2D eigenvalue weighted by atomic mass is 16.5. The van der Waals surface area contributed by atoms with Crippen molar-refractivity contribution in [2.75, 3.05) is 25.6 Å². The van der Waals surface area contributed by atoms with E-state index in [4.69, 9.17) is 18.7 Å². The zero-order chi connectivity index (χ0) is 22.8. The van der Waals surface area contributed by atoms with Gasteiger partial charge >= 0.3 is 0 Å². The third kappa shape index (κ3) is 6.37. The summed E-state index contributed by atoms with van der Waals surface area (Å²) in [6, 6.07) is 18.0. The van der Waals surface area contributed by atoms with E-state index in [1.165, 1.54) is 6.08 Å². The lowest BCUT2D eigenvalue weighted by atomic mass is 10.1. The lowest BCUT2D eigenvalue weighted by Crippen LogP contribution is -2.13. The number of hydrogen-bond donors (Lipinski definition) is 1. The highest BCUT2D eigenvalue weighted by Crippen LogP contribution is 2.25. The molecule has 32 heavy (non-hydrogen) atoms. The molecule has 0 bridgehead atoms. The molecule has 164 valence electrons. The van der Waals surface area contributed by atoms with E-state index in [0.29, 0.717) is 48.2 Å². The minimum absolute atomic E-state index is 0.0483. The molecular formula is C24H23N3O5. The maximum Gasteiger partial charge on any atom is 0.267 e. The number of hydrogen-bond acceptors (Lipinski definition) is 7.